The van der Waals surface area contributed by atoms with Crippen molar-refractivity contribution in [2.45, 2.75) is 62.7 Å². The van der Waals surface area contributed by atoms with Gasteiger partial charge in [-0.25, -0.2) is 4.79 Å². The first-order valence-corrected chi connectivity index (χ1v) is 10.6. The molecule has 15 nitrogen and oxygen atoms in total. The number of carboxylic acids is 3. The summed E-state index contributed by atoms with van der Waals surface area (Å²) in [6, 6.07) is -5.65. The van der Waals surface area contributed by atoms with Crippen molar-refractivity contribution < 1.29 is 48.9 Å². The normalized spacial score (nSPS) is 14.1. The molecule has 16 heteroatoms. The standard InChI is InChI=1S/C18H29N5O10S/c19-8(7-34)15(29)21-10(2-5-13(25)26)16(30)22-9(1-4-12(20)24)17(31)23-11(18(32)33)3-6-14(27)28/h8-11,34H,1-7,19H2,(H2,20,24)(H,21,29)(H,22,30)(H,23,31)(H,25,26)(H,27,28)(H,32,33). The van der Waals surface area contributed by atoms with E-state index in [4.69, 9.17) is 21.7 Å². The maximum atomic E-state index is 12.7. The van der Waals surface area contributed by atoms with Crippen molar-refractivity contribution in [2.75, 3.05) is 5.75 Å². The van der Waals surface area contributed by atoms with Crippen LogP contribution in [0.5, 0.6) is 0 Å². The lowest BCUT2D eigenvalue weighted by Gasteiger charge is -2.24. The topological polar surface area (TPSA) is 268 Å². The Balaban J connectivity index is 5.59. The molecule has 0 rings (SSSR count). The van der Waals surface area contributed by atoms with Crippen LogP contribution < -0.4 is 27.4 Å². The molecule has 34 heavy (non-hydrogen) atoms. The Bertz CT molecular complexity index is 793. The third kappa shape index (κ3) is 12.6. The molecule has 4 amide bonds. The van der Waals surface area contributed by atoms with E-state index in [-0.39, 0.29) is 25.0 Å². The molecule has 0 aromatic heterocycles. The van der Waals surface area contributed by atoms with E-state index >= 15 is 0 Å². The van der Waals surface area contributed by atoms with Crippen LogP contribution in [0.4, 0.5) is 0 Å². The third-order valence-electron chi connectivity index (χ3n) is 4.39. The highest BCUT2D eigenvalue weighted by molar-refractivity contribution is 7.80. The fraction of sp³-hybridized carbons (Fsp3) is 0.611. The summed E-state index contributed by atoms with van der Waals surface area (Å²) in [6.45, 7) is 0. The number of primary amides is 1. The molecule has 0 aromatic rings. The predicted molar refractivity (Wildman–Crippen MR) is 117 cm³/mol. The molecular weight excluding hydrogens is 478 g/mol. The molecule has 0 aliphatic heterocycles. The Kier molecular flexibility index (Phi) is 13.9. The van der Waals surface area contributed by atoms with Crippen molar-refractivity contribution in [1.29, 1.82) is 0 Å². The van der Waals surface area contributed by atoms with Crippen LogP contribution in [0.1, 0.15) is 38.5 Å². The van der Waals surface area contributed by atoms with Crippen LogP contribution in [0.3, 0.4) is 0 Å². The van der Waals surface area contributed by atoms with Crippen molar-refractivity contribution in [3.63, 3.8) is 0 Å². The number of carbonyl (C=O) groups excluding carboxylic acids is 4. The largest absolute Gasteiger partial charge is 0.481 e. The number of hydrogen-bond donors (Lipinski definition) is 9. The predicted octanol–water partition coefficient (Wildman–Crippen LogP) is -3.22. The van der Waals surface area contributed by atoms with E-state index in [0.717, 1.165) is 0 Å². The molecule has 0 fully saturated rings. The zero-order valence-corrected chi connectivity index (χ0v) is 19.0. The van der Waals surface area contributed by atoms with Crippen LogP contribution in [0.25, 0.3) is 0 Å². The van der Waals surface area contributed by atoms with Gasteiger partial charge in [0.2, 0.25) is 23.6 Å². The van der Waals surface area contributed by atoms with Crippen molar-refractivity contribution in [2.24, 2.45) is 11.5 Å². The van der Waals surface area contributed by atoms with E-state index in [1.165, 1.54) is 0 Å². The zero-order chi connectivity index (χ0) is 26.4. The van der Waals surface area contributed by atoms with E-state index in [0.29, 0.717) is 0 Å². The quantitative estimate of drug-likeness (QED) is 0.0883. The number of rotatable bonds is 17. The molecule has 0 spiro atoms. The molecule has 4 unspecified atom stereocenters. The van der Waals surface area contributed by atoms with Gasteiger partial charge in [0.15, 0.2) is 0 Å². The maximum absolute atomic E-state index is 12.7. The number of carboxylic acid groups (broad SMARTS) is 3. The van der Waals surface area contributed by atoms with Gasteiger partial charge in [-0.3, -0.25) is 28.8 Å². The van der Waals surface area contributed by atoms with Gasteiger partial charge in [0.05, 0.1) is 6.04 Å². The van der Waals surface area contributed by atoms with Crippen LogP contribution in [-0.2, 0) is 33.6 Å². The van der Waals surface area contributed by atoms with Crippen molar-refractivity contribution in [1.82, 2.24) is 16.0 Å². The Labute approximate surface area is 199 Å². The smallest absolute Gasteiger partial charge is 0.326 e. The summed E-state index contributed by atoms with van der Waals surface area (Å²) in [5.41, 5.74) is 10.6. The molecule has 0 aliphatic rings. The summed E-state index contributed by atoms with van der Waals surface area (Å²) < 4.78 is 0. The molecule has 0 aromatic carbocycles. The monoisotopic (exact) mass is 507 g/mol. The van der Waals surface area contributed by atoms with Gasteiger partial charge >= 0.3 is 17.9 Å². The number of hydrogen-bond acceptors (Lipinski definition) is 9. The Hall–Kier alpha value is -3.40. The van der Waals surface area contributed by atoms with Crippen molar-refractivity contribution in [3.8, 4) is 0 Å². The SMILES string of the molecule is NC(=O)CCC(NC(=O)C(CCC(=O)O)NC(=O)C(N)CS)C(=O)NC(CCC(=O)O)C(=O)O. The molecule has 4 atom stereocenters. The fourth-order valence-corrected chi connectivity index (χ4v) is 2.69. The minimum atomic E-state index is -1.60. The summed E-state index contributed by atoms with van der Waals surface area (Å²) >= 11 is 3.86. The van der Waals surface area contributed by atoms with E-state index in [9.17, 15) is 38.7 Å². The summed E-state index contributed by atoms with van der Waals surface area (Å²) in [4.78, 5) is 81.5. The van der Waals surface area contributed by atoms with Crippen molar-refractivity contribution >= 4 is 54.2 Å². The van der Waals surface area contributed by atoms with Crippen LogP contribution in [-0.4, -0.2) is 86.8 Å². The third-order valence-corrected chi connectivity index (χ3v) is 4.78. The van der Waals surface area contributed by atoms with Gasteiger partial charge in [-0.1, -0.05) is 0 Å². The lowest BCUT2D eigenvalue weighted by molar-refractivity contribution is -0.143. The molecule has 192 valence electrons. The number of nitrogens with two attached hydrogens (primary N) is 2. The minimum Gasteiger partial charge on any atom is -0.481 e. The Morgan fingerprint density at radius 2 is 1.06 bits per heavy atom. The first-order chi connectivity index (χ1) is 15.8. The van der Waals surface area contributed by atoms with Gasteiger partial charge in [0.25, 0.3) is 0 Å². The molecule has 0 saturated carbocycles. The van der Waals surface area contributed by atoms with Crippen molar-refractivity contribution in [3.05, 3.63) is 0 Å². The minimum absolute atomic E-state index is 0.0737. The molecule has 10 N–H and O–H groups in total. The first kappa shape index (κ1) is 30.6. The number of aliphatic carboxylic acids is 3. The second kappa shape index (κ2) is 15.4. The van der Waals surface area contributed by atoms with Gasteiger partial charge in [-0.2, -0.15) is 12.6 Å². The molecular formula is C18H29N5O10S. The average Bonchev–Trinajstić information content (AvgIpc) is 2.74. The van der Waals surface area contributed by atoms with Gasteiger partial charge in [0, 0.05) is 25.0 Å². The molecule has 0 bridgehead atoms. The van der Waals surface area contributed by atoms with Crippen LogP contribution >= 0.6 is 12.6 Å². The van der Waals surface area contributed by atoms with Gasteiger partial charge in [-0.05, 0) is 19.3 Å². The summed E-state index contributed by atoms with van der Waals surface area (Å²) in [5, 5.41) is 33.4. The Morgan fingerprint density at radius 1 is 0.676 bits per heavy atom. The van der Waals surface area contributed by atoms with E-state index in [2.05, 4.69) is 28.6 Å². The Morgan fingerprint density at radius 3 is 1.44 bits per heavy atom. The second-order valence-electron chi connectivity index (χ2n) is 7.18. The summed E-state index contributed by atoms with van der Waals surface area (Å²) in [7, 11) is 0. The lowest BCUT2D eigenvalue weighted by atomic mass is 10.1. The highest BCUT2D eigenvalue weighted by Crippen LogP contribution is 2.05. The fourth-order valence-electron chi connectivity index (χ4n) is 2.52. The van der Waals surface area contributed by atoms with Crippen LogP contribution in [0.15, 0.2) is 0 Å². The summed E-state index contributed by atoms with van der Waals surface area (Å²) in [5.74, 6) is -7.85. The molecule has 0 heterocycles. The zero-order valence-electron chi connectivity index (χ0n) is 18.1. The second-order valence-corrected chi connectivity index (χ2v) is 7.55. The van der Waals surface area contributed by atoms with Gasteiger partial charge in [0.1, 0.15) is 18.1 Å². The maximum Gasteiger partial charge on any atom is 0.326 e. The highest BCUT2D eigenvalue weighted by Gasteiger charge is 2.30. The highest BCUT2D eigenvalue weighted by atomic mass is 32.1. The van der Waals surface area contributed by atoms with Crippen LogP contribution in [0, 0.1) is 0 Å². The van der Waals surface area contributed by atoms with E-state index < -0.39 is 85.0 Å². The van der Waals surface area contributed by atoms with E-state index in [1.54, 1.807) is 0 Å². The van der Waals surface area contributed by atoms with Gasteiger partial charge < -0.3 is 42.7 Å². The summed E-state index contributed by atoms with van der Waals surface area (Å²) in [6.07, 6.45) is -2.65. The average molecular weight is 508 g/mol. The number of amides is 4. The molecule has 0 radical (unpaired) electrons. The number of carbonyl (C=O) groups is 7. The van der Waals surface area contributed by atoms with Crippen LogP contribution in [0.2, 0.25) is 0 Å². The molecule has 0 aliphatic carbocycles. The number of thiol groups is 1. The number of nitrogens with one attached hydrogen (secondary N) is 3. The lowest BCUT2D eigenvalue weighted by Crippen LogP contribution is -2.57. The first-order valence-electron chi connectivity index (χ1n) is 10.0. The van der Waals surface area contributed by atoms with E-state index in [1.807, 2.05) is 0 Å². The van der Waals surface area contributed by atoms with Gasteiger partial charge in [-0.15, -0.1) is 0 Å². The molecule has 0 saturated heterocycles.